The van der Waals surface area contributed by atoms with Crippen LogP contribution in [-0.2, 0) is 4.74 Å². The van der Waals surface area contributed by atoms with Crippen molar-refractivity contribution in [2.45, 2.75) is 71.8 Å². The highest BCUT2D eigenvalue weighted by Crippen LogP contribution is 2.04. The maximum absolute atomic E-state index is 5.54. The standard InChI is InChI=1S/C14H31NO/c1-4-7-12-16-13-8-11-15-14(9-5-2)10-6-3/h14-15H,4-13H2,1-3H3. The summed E-state index contributed by atoms with van der Waals surface area (Å²) in [5, 5.41) is 3.63. The third-order valence-corrected chi connectivity index (χ3v) is 2.81. The number of hydrogen-bond donors (Lipinski definition) is 1. The highest BCUT2D eigenvalue weighted by Gasteiger charge is 2.04. The molecule has 0 aliphatic heterocycles. The van der Waals surface area contributed by atoms with Gasteiger partial charge >= 0.3 is 0 Å². The molecule has 0 bridgehead atoms. The van der Waals surface area contributed by atoms with Gasteiger partial charge < -0.3 is 10.1 Å². The largest absolute Gasteiger partial charge is 0.381 e. The average molecular weight is 229 g/mol. The van der Waals surface area contributed by atoms with Crippen molar-refractivity contribution in [1.82, 2.24) is 5.32 Å². The van der Waals surface area contributed by atoms with Crippen LogP contribution in [0.4, 0.5) is 0 Å². The fourth-order valence-corrected chi connectivity index (χ4v) is 1.87. The van der Waals surface area contributed by atoms with Gasteiger partial charge in [-0.05, 0) is 32.2 Å². The van der Waals surface area contributed by atoms with Gasteiger partial charge in [0.1, 0.15) is 0 Å². The van der Waals surface area contributed by atoms with E-state index >= 15 is 0 Å². The van der Waals surface area contributed by atoms with Crippen LogP contribution in [0.25, 0.3) is 0 Å². The highest BCUT2D eigenvalue weighted by molar-refractivity contribution is 4.65. The third kappa shape index (κ3) is 10.4. The summed E-state index contributed by atoms with van der Waals surface area (Å²) in [6.07, 6.45) is 8.76. The van der Waals surface area contributed by atoms with Gasteiger partial charge in [-0.15, -0.1) is 0 Å². The summed E-state index contributed by atoms with van der Waals surface area (Å²) in [6.45, 7) is 9.68. The Balaban J connectivity index is 3.25. The molecule has 98 valence electrons. The Bertz CT molecular complexity index is 122. The van der Waals surface area contributed by atoms with Crippen LogP contribution in [0.15, 0.2) is 0 Å². The minimum Gasteiger partial charge on any atom is -0.381 e. The van der Waals surface area contributed by atoms with Crippen LogP contribution in [0, 0.1) is 0 Å². The molecule has 0 aromatic heterocycles. The Morgan fingerprint density at radius 3 is 2.06 bits per heavy atom. The van der Waals surface area contributed by atoms with Crippen molar-refractivity contribution >= 4 is 0 Å². The fourth-order valence-electron chi connectivity index (χ4n) is 1.87. The predicted octanol–water partition coefficient (Wildman–Crippen LogP) is 3.75. The second-order valence-corrected chi connectivity index (χ2v) is 4.55. The smallest absolute Gasteiger partial charge is 0.0478 e. The lowest BCUT2D eigenvalue weighted by atomic mass is 10.1. The number of rotatable bonds is 12. The van der Waals surface area contributed by atoms with Gasteiger partial charge in [-0.1, -0.05) is 40.0 Å². The van der Waals surface area contributed by atoms with Crippen molar-refractivity contribution in [2.75, 3.05) is 19.8 Å². The second-order valence-electron chi connectivity index (χ2n) is 4.55. The normalized spacial score (nSPS) is 11.2. The van der Waals surface area contributed by atoms with E-state index in [9.17, 15) is 0 Å². The van der Waals surface area contributed by atoms with Crippen LogP contribution in [-0.4, -0.2) is 25.8 Å². The molecule has 16 heavy (non-hydrogen) atoms. The van der Waals surface area contributed by atoms with Crippen LogP contribution < -0.4 is 5.32 Å². The molecule has 0 spiro atoms. The minimum atomic E-state index is 0.727. The van der Waals surface area contributed by atoms with E-state index in [1.54, 1.807) is 0 Å². The molecule has 0 aromatic rings. The topological polar surface area (TPSA) is 21.3 Å². The Kier molecular flexibility index (Phi) is 12.9. The van der Waals surface area contributed by atoms with Crippen molar-refractivity contribution in [3.63, 3.8) is 0 Å². The van der Waals surface area contributed by atoms with Crippen LogP contribution in [0.5, 0.6) is 0 Å². The predicted molar refractivity (Wildman–Crippen MR) is 72.0 cm³/mol. The Hall–Kier alpha value is -0.0800. The van der Waals surface area contributed by atoms with Gasteiger partial charge in [-0.25, -0.2) is 0 Å². The summed E-state index contributed by atoms with van der Waals surface area (Å²) in [7, 11) is 0. The molecule has 0 fully saturated rings. The van der Waals surface area contributed by atoms with E-state index in [0.717, 1.165) is 32.2 Å². The van der Waals surface area contributed by atoms with Crippen LogP contribution in [0.3, 0.4) is 0 Å². The highest BCUT2D eigenvalue weighted by atomic mass is 16.5. The molecule has 2 heteroatoms. The lowest BCUT2D eigenvalue weighted by molar-refractivity contribution is 0.128. The van der Waals surface area contributed by atoms with E-state index in [-0.39, 0.29) is 0 Å². The molecule has 0 aromatic carbocycles. The minimum absolute atomic E-state index is 0.727. The van der Waals surface area contributed by atoms with Crippen molar-refractivity contribution in [3.8, 4) is 0 Å². The lowest BCUT2D eigenvalue weighted by Gasteiger charge is -2.17. The van der Waals surface area contributed by atoms with Crippen molar-refractivity contribution in [2.24, 2.45) is 0 Å². The maximum Gasteiger partial charge on any atom is 0.0478 e. The zero-order valence-electron chi connectivity index (χ0n) is 11.6. The SMILES string of the molecule is CCCCOCCCNC(CCC)CCC. The first kappa shape index (κ1) is 15.9. The quantitative estimate of drug-likeness (QED) is 0.515. The maximum atomic E-state index is 5.54. The van der Waals surface area contributed by atoms with E-state index < -0.39 is 0 Å². The molecule has 0 saturated carbocycles. The number of ether oxygens (including phenoxy) is 1. The Morgan fingerprint density at radius 2 is 1.50 bits per heavy atom. The molecule has 0 amide bonds. The molecule has 0 saturated heterocycles. The molecule has 0 rings (SSSR count). The third-order valence-electron chi connectivity index (χ3n) is 2.81. The van der Waals surface area contributed by atoms with Gasteiger partial charge in [-0.3, -0.25) is 0 Å². The average Bonchev–Trinajstić information content (AvgIpc) is 2.28. The monoisotopic (exact) mass is 229 g/mol. The Morgan fingerprint density at radius 1 is 0.875 bits per heavy atom. The van der Waals surface area contributed by atoms with E-state index in [4.69, 9.17) is 4.74 Å². The molecule has 1 N–H and O–H groups in total. The number of unbranched alkanes of at least 4 members (excludes halogenated alkanes) is 1. The zero-order chi connectivity index (χ0) is 12.1. The van der Waals surface area contributed by atoms with Crippen molar-refractivity contribution in [1.29, 1.82) is 0 Å². The second kappa shape index (κ2) is 13.0. The summed E-state index contributed by atoms with van der Waals surface area (Å²) in [6, 6.07) is 0.727. The molecule has 2 nitrogen and oxygen atoms in total. The van der Waals surface area contributed by atoms with E-state index in [2.05, 4.69) is 26.1 Å². The zero-order valence-corrected chi connectivity index (χ0v) is 11.6. The first-order valence-corrected chi connectivity index (χ1v) is 7.16. The van der Waals surface area contributed by atoms with Gasteiger partial charge in [0.15, 0.2) is 0 Å². The van der Waals surface area contributed by atoms with Gasteiger partial charge in [0.25, 0.3) is 0 Å². The van der Waals surface area contributed by atoms with Crippen LogP contribution in [0.1, 0.15) is 65.7 Å². The molecule has 0 radical (unpaired) electrons. The summed E-state index contributed by atoms with van der Waals surface area (Å²) in [4.78, 5) is 0. The van der Waals surface area contributed by atoms with Crippen LogP contribution in [0.2, 0.25) is 0 Å². The van der Waals surface area contributed by atoms with Crippen molar-refractivity contribution in [3.05, 3.63) is 0 Å². The van der Waals surface area contributed by atoms with Gasteiger partial charge in [0.05, 0.1) is 0 Å². The fraction of sp³-hybridized carbons (Fsp3) is 1.00. The van der Waals surface area contributed by atoms with E-state index in [0.29, 0.717) is 0 Å². The van der Waals surface area contributed by atoms with Crippen LogP contribution >= 0.6 is 0 Å². The lowest BCUT2D eigenvalue weighted by Crippen LogP contribution is -2.30. The molecule has 0 aliphatic rings. The van der Waals surface area contributed by atoms with Crippen molar-refractivity contribution < 1.29 is 4.74 Å². The summed E-state index contributed by atoms with van der Waals surface area (Å²) in [5.41, 5.74) is 0. The van der Waals surface area contributed by atoms with Gasteiger partial charge in [0.2, 0.25) is 0 Å². The van der Waals surface area contributed by atoms with Gasteiger partial charge in [0, 0.05) is 19.3 Å². The van der Waals surface area contributed by atoms with E-state index in [1.165, 1.54) is 38.5 Å². The molecule has 0 heterocycles. The number of hydrogen-bond acceptors (Lipinski definition) is 2. The summed E-state index contributed by atoms with van der Waals surface area (Å²) >= 11 is 0. The number of nitrogens with one attached hydrogen (secondary N) is 1. The van der Waals surface area contributed by atoms with E-state index in [1.807, 2.05) is 0 Å². The molecular weight excluding hydrogens is 198 g/mol. The molecule has 0 atom stereocenters. The first-order valence-electron chi connectivity index (χ1n) is 7.16. The first-order chi connectivity index (χ1) is 7.85. The Labute approximate surface area is 102 Å². The molecule has 0 unspecified atom stereocenters. The summed E-state index contributed by atoms with van der Waals surface area (Å²) < 4.78 is 5.54. The molecule has 0 aliphatic carbocycles. The summed E-state index contributed by atoms with van der Waals surface area (Å²) in [5.74, 6) is 0. The van der Waals surface area contributed by atoms with Gasteiger partial charge in [-0.2, -0.15) is 0 Å². The molecular formula is C14H31NO.